The van der Waals surface area contributed by atoms with Crippen molar-refractivity contribution in [3.05, 3.63) is 23.3 Å². The Labute approximate surface area is 109 Å². The Morgan fingerprint density at radius 2 is 1.94 bits per heavy atom. The lowest BCUT2D eigenvalue weighted by molar-refractivity contribution is -0.119. The first kappa shape index (κ1) is 13.3. The molecule has 100 valence electrons. The first-order valence-electron chi connectivity index (χ1n) is 6.92. The molecule has 0 saturated heterocycles. The van der Waals surface area contributed by atoms with Crippen molar-refractivity contribution in [2.24, 2.45) is 5.92 Å². The molecule has 0 aromatic carbocycles. The number of allylic oxidation sites excluding steroid dienone is 3. The van der Waals surface area contributed by atoms with Crippen LogP contribution >= 0.6 is 0 Å². The summed E-state index contributed by atoms with van der Waals surface area (Å²) in [7, 11) is 0. The van der Waals surface area contributed by atoms with E-state index in [1.54, 1.807) is 0 Å². The summed E-state index contributed by atoms with van der Waals surface area (Å²) < 4.78 is 0. The molecule has 18 heavy (non-hydrogen) atoms. The van der Waals surface area contributed by atoms with Crippen LogP contribution < -0.4 is 5.32 Å². The van der Waals surface area contributed by atoms with Crippen molar-refractivity contribution < 1.29 is 9.90 Å². The van der Waals surface area contributed by atoms with Crippen LogP contribution in [0.5, 0.6) is 0 Å². The number of carbonyl (C=O) groups is 1. The van der Waals surface area contributed by atoms with Gasteiger partial charge in [-0.1, -0.05) is 24.6 Å². The zero-order valence-electron chi connectivity index (χ0n) is 11.3. The van der Waals surface area contributed by atoms with Crippen molar-refractivity contribution in [1.82, 2.24) is 5.32 Å². The Balaban J connectivity index is 1.92. The third kappa shape index (κ3) is 3.22. The molecule has 0 spiro atoms. The molecule has 1 unspecified atom stereocenters. The van der Waals surface area contributed by atoms with E-state index in [-0.39, 0.29) is 18.1 Å². The third-order valence-corrected chi connectivity index (χ3v) is 4.00. The molecule has 2 aliphatic carbocycles. The van der Waals surface area contributed by atoms with Crippen LogP contribution in [0.2, 0.25) is 0 Å². The Morgan fingerprint density at radius 1 is 1.28 bits per heavy atom. The number of hydrogen-bond donors (Lipinski definition) is 2. The topological polar surface area (TPSA) is 49.3 Å². The zero-order chi connectivity index (χ0) is 13.1. The maximum absolute atomic E-state index is 12.2. The molecule has 1 atom stereocenters. The van der Waals surface area contributed by atoms with E-state index in [2.05, 4.69) is 19.2 Å². The quantitative estimate of drug-likeness (QED) is 0.789. The second kappa shape index (κ2) is 5.70. The molecule has 2 aliphatic rings. The summed E-state index contributed by atoms with van der Waals surface area (Å²) in [5.41, 5.74) is 2.23. The number of carbonyl (C=O) groups excluding carboxylic acids is 1. The van der Waals surface area contributed by atoms with Crippen molar-refractivity contribution in [2.75, 3.05) is 0 Å². The fourth-order valence-electron chi connectivity index (χ4n) is 2.85. The Morgan fingerprint density at radius 3 is 2.56 bits per heavy atom. The average Bonchev–Trinajstić information content (AvgIpc) is 2.32. The minimum Gasteiger partial charge on any atom is -0.393 e. The van der Waals surface area contributed by atoms with Gasteiger partial charge in [0.2, 0.25) is 5.91 Å². The third-order valence-electron chi connectivity index (χ3n) is 4.00. The lowest BCUT2D eigenvalue weighted by Crippen LogP contribution is -2.40. The molecule has 1 saturated carbocycles. The fourth-order valence-corrected chi connectivity index (χ4v) is 2.85. The molecule has 1 fully saturated rings. The van der Waals surface area contributed by atoms with Gasteiger partial charge in [-0.05, 0) is 44.9 Å². The normalized spacial score (nSPS) is 32.5. The number of rotatable bonds is 2. The van der Waals surface area contributed by atoms with Gasteiger partial charge in [-0.15, -0.1) is 0 Å². The van der Waals surface area contributed by atoms with Crippen LogP contribution in [0.1, 0.15) is 46.0 Å². The van der Waals surface area contributed by atoms with Crippen LogP contribution in [-0.4, -0.2) is 23.2 Å². The van der Waals surface area contributed by atoms with Gasteiger partial charge in [0.1, 0.15) is 0 Å². The summed E-state index contributed by atoms with van der Waals surface area (Å²) >= 11 is 0. The van der Waals surface area contributed by atoms with Crippen molar-refractivity contribution in [1.29, 1.82) is 0 Å². The van der Waals surface area contributed by atoms with Crippen molar-refractivity contribution >= 4 is 5.91 Å². The van der Waals surface area contributed by atoms with Gasteiger partial charge in [0, 0.05) is 11.6 Å². The number of aliphatic hydroxyl groups excluding tert-OH is 1. The van der Waals surface area contributed by atoms with E-state index >= 15 is 0 Å². The summed E-state index contributed by atoms with van der Waals surface area (Å²) in [6.45, 7) is 4.21. The van der Waals surface area contributed by atoms with Crippen LogP contribution in [0.4, 0.5) is 0 Å². The highest BCUT2D eigenvalue weighted by Crippen LogP contribution is 2.25. The minimum atomic E-state index is -0.170. The fraction of sp³-hybridized carbons (Fsp3) is 0.667. The molecule has 0 bridgehead atoms. The Kier molecular flexibility index (Phi) is 4.23. The SMILES string of the molecule is CC1=CC=C(C(=O)N[C@H]2CC[C@@H](O)CC2)C(C)C1. The van der Waals surface area contributed by atoms with Crippen LogP contribution in [0, 0.1) is 5.92 Å². The number of hydrogen-bond acceptors (Lipinski definition) is 2. The maximum Gasteiger partial charge on any atom is 0.247 e. The average molecular weight is 249 g/mol. The molecule has 2 rings (SSSR count). The van der Waals surface area contributed by atoms with Gasteiger partial charge in [0.05, 0.1) is 6.10 Å². The van der Waals surface area contributed by atoms with Gasteiger partial charge in [0.25, 0.3) is 0 Å². The standard InChI is InChI=1S/C15H23NO2/c1-10-3-8-14(11(2)9-10)15(18)16-12-4-6-13(17)7-5-12/h3,8,11-13,17H,4-7,9H2,1-2H3,(H,16,18)/t11?,12-,13+. The molecule has 2 N–H and O–H groups in total. The van der Waals surface area contributed by atoms with Crippen molar-refractivity contribution in [2.45, 2.75) is 58.1 Å². The molecular formula is C15H23NO2. The molecule has 0 heterocycles. The lowest BCUT2D eigenvalue weighted by atomic mass is 9.87. The van der Waals surface area contributed by atoms with Gasteiger partial charge in [-0.3, -0.25) is 4.79 Å². The van der Waals surface area contributed by atoms with Crippen molar-refractivity contribution in [3.63, 3.8) is 0 Å². The van der Waals surface area contributed by atoms with E-state index in [1.807, 2.05) is 12.2 Å². The number of amides is 1. The van der Waals surface area contributed by atoms with Crippen LogP contribution in [0.15, 0.2) is 23.3 Å². The molecule has 0 aliphatic heterocycles. The van der Waals surface area contributed by atoms with Gasteiger partial charge < -0.3 is 10.4 Å². The smallest absolute Gasteiger partial charge is 0.247 e. The van der Waals surface area contributed by atoms with Crippen LogP contribution in [-0.2, 0) is 4.79 Å². The molecular weight excluding hydrogens is 226 g/mol. The molecule has 1 amide bonds. The van der Waals surface area contributed by atoms with E-state index in [9.17, 15) is 9.90 Å². The second-order valence-electron chi connectivity index (χ2n) is 5.72. The predicted octanol–water partition coefficient (Wildman–Crippen LogP) is 2.32. The Hall–Kier alpha value is -1.09. The highest BCUT2D eigenvalue weighted by molar-refractivity contribution is 5.94. The largest absolute Gasteiger partial charge is 0.393 e. The summed E-state index contributed by atoms with van der Waals surface area (Å²) in [5.74, 6) is 0.386. The van der Waals surface area contributed by atoms with Gasteiger partial charge in [-0.25, -0.2) is 0 Å². The van der Waals surface area contributed by atoms with Gasteiger partial charge >= 0.3 is 0 Å². The zero-order valence-corrected chi connectivity index (χ0v) is 11.3. The highest BCUT2D eigenvalue weighted by atomic mass is 16.3. The van der Waals surface area contributed by atoms with E-state index in [4.69, 9.17) is 0 Å². The Bertz CT molecular complexity index is 376. The molecule has 3 heteroatoms. The monoisotopic (exact) mass is 249 g/mol. The molecule has 0 aromatic rings. The van der Waals surface area contributed by atoms with Crippen molar-refractivity contribution in [3.8, 4) is 0 Å². The minimum absolute atomic E-state index is 0.0765. The first-order valence-corrected chi connectivity index (χ1v) is 6.92. The van der Waals surface area contributed by atoms with Gasteiger partial charge in [0.15, 0.2) is 0 Å². The second-order valence-corrected chi connectivity index (χ2v) is 5.72. The summed E-state index contributed by atoms with van der Waals surface area (Å²) in [6.07, 6.45) is 8.19. The molecule has 3 nitrogen and oxygen atoms in total. The highest BCUT2D eigenvalue weighted by Gasteiger charge is 2.24. The molecule has 0 aromatic heterocycles. The number of aliphatic hydroxyl groups is 1. The maximum atomic E-state index is 12.2. The van der Waals surface area contributed by atoms with E-state index in [0.29, 0.717) is 5.92 Å². The lowest BCUT2D eigenvalue weighted by Gasteiger charge is -2.28. The summed E-state index contributed by atoms with van der Waals surface area (Å²) in [4.78, 5) is 12.2. The first-order chi connectivity index (χ1) is 8.56. The molecule has 0 radical (unpaired) electrons. The summed E-state index contributed by atoms with van der Waals surface area (Å²) in [5, 5.41) is 12.6. The van der Waals surface area contributed by atoms with E-state index < -0.39 is 0 Å². The van der Waals surface area contributed by atoms with Gasteiger partial charge in [-0.2, -0.15) is 0 Å². The summed E-state index contributed by atoms with van der Waals surface area (Å²) in [6, 6.07) is 0.237. The van der Waals surface area contributed by atoms with Crippen LogP contribution in [0.25, 0.3) is 0 Å². The number of nitrogens with one attached hydrogen (secondary N) is 1. The van der Waals surface area contributed by atoms with E-state index in [1.165, 1.54) is 5.57 Å². The van der Waals surface area contributed by atoms with Crippen LogP contribution in [0.3, 0.4) is 0 Å². The predicted molar refractivity (Wildman–Crippen MR) is 72.0 cm³/mol. The van der Waals surface area contributed by atoms with E-state index in [0.717, 1.165) is 37.7 Å².